The largest absolute Gasteiger partial charge is 0.396 e. The minimum Gasteiger partial charge on any atom is -0.396 e. The molecule has 1 atom stereocenters. The fourth-order valence-electron chi connectivity index (χ4n) is 2.97. The number of aliphatic hydroxyl groups is 1. The van der Waals surface area contributed by atoms with Gasteiger partial charge in [0.2, 0.25) is 0 Å². The molecule has 0 bridgehead atoms. The third kappa shape index (κ3) is 3.19. The fraction of sp³-hybridized carbons (Fsp3) is 1.00. The van der Waals surface area contributed by atoms with Crippen LogP contribution in [0.1, 0.15) is 44.9 Å². The molecule has 2 N–H and O–H groups in total. The topological polar surface area (TPSA) is 35.5 Å². The Bertz CT molecular complexity index is 186. The lowest BCUT2D eigenvalue weighted by atomic mass is 9.89. The number of hydrogen-bond acceptors (Lipinski definition) is 3. The van der Waals surface area contributed by atoms with E-state index in [9.17, 15) is 0 Å². The van der Waals surface area contributed by atoms with E-state index in [2.05, 4.69) is 10.2 Å². The maximum absolute atomic E-state index is 9.00. The summed E-state index contributed by atoms with van der Waals surface area (Å²) in [5, 5.41) is 12.5. The van der Waals surface area contributed by atoms with Crippen LogP contribution in [0.25, 0.3) is 0 Å². The molecule has 1 heterocycles. The Morgan fingerprint density at radius 1 is 1.00 bits per heavy atom. The molecule has 3 nitrogen and oxygen atoms in total. The first-order valence-electron chi connectivity index (χ1n) is 6.99. The van der Waals surface area contributed by atoms with Crippen LogP contribution >= 0.6 is 0 Å². The molecule has 0 aromatic heterocycles. The standard InChI is InChI=1S/C13H26N2O/c16-11-3-10-15(12-4-1-5-12)13-6-2-8-14-9-7-13/h12-14,16H,1-11H2. The lowest BCUT2D eigenvalue weighted by Crippen LogP contribution is -2.47. The third-order valence-electron chi connectivity index (χ3n) is 4.13. The van der Waals surface area contributed by atoms with Crippen molar-refractivity contribution in [2.45, 2.75) is 57.0 Å². The Balaban J connectivity index is 1.86. The van der Waals surface area contributed by atoms with Gasteiger partial charge in [0.25, 0.3) is 0 Å². The maximum atomic E-state index is 9.00. The van der Waals surface area contributed by atoms with Gasteiger partial charge in [-0.15, -0.1) is 0 Å². The highest BCUT2D eigenvalue weighted by Gasteiger charge is 2.30. The Morgan fingerprint density at radius 3 is 2.44 bits per heavy atom. The highest BCUT2D eigenvalue weighted by Crippen LogP contribution is 2.29. The van der Waals surface area contributed by atoms with Crippen LogP contribution in [0.15, 0.2) is 0 Å². The van der Waals surface area contributed by atoms with Crippen LogP contribution in [0.4, 0.5) is 0 Å². The van der Waals surface area contributed by atoms with Gasteiger partial charge in [0.05, 0.1) is 0 Å². The second kappa shape index (κ2) is 6.58. The molecule has 1 saturated carbocycles. The molecule has 1 aliphatic heterocycles. The normalized spacial score (nSPS) is 27.8. The molecule has 3 heteroatoms. The minimum absolute atomic E-state index is 0.341. The second-order valence-corrected chi connectivity index (χ2v) is 5.23. The first-order chi connectivity index (χ1) is 7.92. The lowest BCUT2D eigenvalue weighted by Gasteiger charge is -2.42. The van der Waals surface area contributed by atoms with E-state index in [4.69, 9.17) is 5.11 Å². The zero-order valence-corrected chi connectivity index (χ0v) is 10.3. The summed E-state index contributed by atoms with van der Waals surface area (Å²) < 4.78 is 0. The van der Waals surface area contributed by atoms with Gasteiger partial charge in [-0.25, -0.2) is 0 Å². The van der Waals surface area contributed by atoms with Crippen molar-refractivity contribution in [1.29, 1.82) is 0 Å². The first-order valence-corrected chi connectivity index (χ1v) is 6.99. The molecular formula is C13H26N2O. The summed E-state index contributed by atoms with van der Waals surface area (Å²) in [5.41, 5.74) is 0. The Labute approximate surface area is 99.2 Å². The van der Waals surface area contributed by atoms with E-state index < -0.39 is 0 Å². The van der Waals surface area contributed by atoms with Crippen LogP contribution in [0.5, 0.6) is 0 Å². The molecule has 2 rings (SSSR count). The van der Waals surface area contributed by atoms with Crippen LogP contribution in [0.2, 0.25) is 0 Å². The Kier molecular flexibility index (Phi) is 5.07. The van der Waals surface area contributed by atoms with Gasteiger partial charge in [-0.2, -0.15) is 0 Å². The van der Waals surface area contributed by atoms with Crippen molar-refractivity contribution in [3.05, 3.63) is 0 Å². The smallest absolute Gasteiger partial charge is 0.0443 e. The van der Waals surface area contributed by atoms with Gasteiger partial charge < -0.3 is 10.4 Å². The monoisotopic (exact) mass is 226 g/mol. The Hall–Kier alpha value is -0.120. The molecule has 1 saturated heterocycles. The fourth-order valence-corrected chi connectivity index (χ4v) is 2.97. The minimum atomic E-state index is 0.341. The van der Waals surface area contributed by atoms with Crippen molar-refractivity contribution in [3.63, 3.8) is 0 Å². The van der Waals surface area contributed by atoms with Crippen molar-refractivity contribution >= 4 is 0 Å². The Morgan fingerprint density at radius 2 is 1.75 bits per heavy atom. The molecule has 2 aliphatic rings. The molecule has 2 fully saturated rings. The number of nitrogens with zero attached hydrogens (tertiary/aromatic N) is 1. The van der Waals surface area contributed by atoms with Crippen LogP contribution in [0, 0.1) is 0 Å². The summed E-state index contributed by atoms with van der Waals surface area (Å²) in [6.45, 7) is 3.81. The number of hydrogen-bond donors (Lipinski definition) is 2. The van der Waals surface area contributed by atoms with E-state index in [1.807, 2.05) is 0 Å². The molecule has 0 amide bonds. The van der Waals surface area contributed by atoms with Crippen LogP contribution in [-0.4, -0.2) is 48.3 Å². The number of nitrogens with one attached hydrogen (secondary N) is 1. The number of rotatable bonds is 5. The maximum Gasteiger partial charge on any atom is 0.0443 e. The molecule has 0 aromatic carbocycles. The van der Waals surface area contributed by atoms with Crippen molar-refractivity contribution in [3.8, 4) is 0 Å². The van der Waals surface area contributed by atoms with Crippen LogP contribution in [-0.2, 0) is 0 Å². The summed E-state index contributed by atoms with van der Waals surface area (Å²) in [4.78, 5) is 2.70. The van der Waals surface area contributed by atoms with Crippen LogP contribution in [0.3, 0.4) is 0 Å². The van der Waals surface area contributed by atoms with Gasteiger partial charge >= 0.3 is 0 Å². The molecule has 94 valence electrons. The molecule has 0 radical (unpaired) electrons. The molecule has 0 spiro atoms. The lowest BCUT2D eigenvalue weighted by molar-refractivity contribution is 0.0656. The van der Waals surface area contributed by atoms with E-state index in [1.54, 1.807) is 0 Å². The van der Waals surface area contributed by atoms with Gasteiger partial charge in [-0.1, -0.05) is 6.42 Å². The average Bonchev–Trinajstić information content (AvgIpc) is 2.49. The van der Waals surface area contributed by atoms with Gasteiger partial charge in [0.1, 0.15) is 0 Å². The van der Waals surface area contributed by atoms with E-state index in [0.29, 0.717) is 6.61 Å². The third-order valence-corrected chi connectivity index (χ3v) is 4.13. The van der Waals surface area contributed by atoms with E-state index >= 15 is 0 Å². The van der Waals surface area contributed by atoms with Gasteiger partial charge in [-0.3, -0.25) is 4.90 Å². The quantitative estimate of drug-likeness (QED) is 0.743. The van der Waals surface area contributed by atoms with Crippen molar-refractivity contribution in [1.82, 2.24) is 10.2 Å². The van der Waals surface area contributed by atoms with Gasteiger partial charge in [0, 0.05) is 25.2 Å². The molecule has 1 unspecified atom stereocenters. The first kappa shape index (κ1) is 12.3. The van der Waals surface area contributed by atoms with E-state index in [1.165, 1.54) is 51.6 Å². The zero-order chi connectivity index (χ0) is 11.2. The summed E-state index contributed by atoms with van der Waals surface area (Å²) >= 11 is 0. The SMILES string of the molecule is OCCCN(C1CCC1)C1CCCNCC1. The summed E-state index contributed by atoms with van der Waals surface area (Å²) in [7, 11) is 0. The van der Waals surface area contributed by atoms with Crippen molar-refractivity contribution in [2.24, 2.45) is 0 Å². The molecular weight excluding hydrogens is 200 g/mol. The summed E-state index contributed by atoms with van der Waals surface area (Å²) in [5.74, 6) is 0. The predicted octanol–water partition coefficient (Wildman–Crippen LogP) is 1.37. The average molecular weight is 226 g/mol. The van der Waals surface area contributed by atoms with Gasteiger partial charge in [0.15, 0.2) is 0 Å². The highest BCUT2D eigenvalue weighted by molar-refractivity contribution is 4.86. The second-order valence-electron chi connectivity index (χ2n) is 5.23. The molecule has 16 heavy (non-hydrogen) atoms. The predicted molar refractivity (Wildman–Crippen MR) is 66.6 cm³/mol. The van der Waals surface area contributed by atoms with Crippen molar-refractivity contribution < 1.29 is 5.11 Å². The van der Waals surface area contributed by atoms with Crippen LogP contribution < -0.4 is 5.32 Å². The number of aliphatic hydroxyl groups excluding tert-OH is 1. The van der Waals surface area contributed by atoms with E-state index in [-0.39, 0.29) is 0 Å². The summed E-state index contributed by atoms with van der Waals surface area (Å²) in [6.07, 6.45) is 9.07. The summed E-state index contributed by atoms with van der Waals surface area (Å²) in [6, 6.07) is 1.60. The molecule has 1 aliphatic carbocycles. The zero-order valence-electron chi connectivity index (χ0n) is 10.3. The molecule has 0 aromatic rings. The highest BCUT2D eigenvalue weighted by atomic mass is 16.3. The van der Waals surface area contributed by atoms with Crippen molar-refractivity contribution in [2.75, 3.05) is 26.2 Å². The van der Waals surface area contributed by atoms with E-state index in [0.717, 1.165) is 25.0 Å². The van der Waals surface area contributed by atoms with Gasteiger partial charge in [-0.05, 0) is 51.6 Å².